The van der Waals surface area contributed by atoms with Gasteiger partial charge in [-0.3, -0.25) is 0 Å². The molecule has 2 saturated heterocycles. The van der Waals surface area contributed by atoms with Gasteiger partial charge in [-0.25, -0.2) is 4.99 Å². The first-order valence-corrected chi connectivity index (χ1v) is 8.20. The van der Waals surface area contributed by atoms with Crippen molar-refractivity contribution in [1.29, 1.82) is 0 Å². The highest BCUT2D eigenvalue weighted by atomic mass is 32.2. The van der Waals surface area contributed by atoms with Crippen molar-refractivity contribution in [2.75, 3.05) is 45.6 Å². The van der Waals surface area contributed by atoms with Crippen LogP contribution in [-0.4, -0.2) is 66.6 Å². The molecule has 2 aliphatic rings. The average Bonchev–Trinajstić information content (AvgIpc) is 2.94. The predicted octanol–water partition coefficient (Wildman–Crippen LogP) is 2.04. The van der Waals surface area contributed by atoms with Crippen LogP contribution in [0.2, 0.25) is 0 Å². The van der Waals surface area contributed by atoms with Gasteiger partial charge in [0.05, 0.1) is 18.9 Å². The second-order valence-electron chi connectivity index (χ2n) is 5.01. The van der Waals surface area contributed by atoms with Gasteiger partial charge in [-0.2, -0.15) is 4.99 Å². The molecule has 0 spiro atoms. The number of thioether (sulfide) groups is 1. The molecular weight excluding hydrogens is 284 g/mol. The number of amidine groups is 1. The minimum Gasteiger partial charge on any atom is -0.378 e. The molecule has 0 saturated carbocycles. The first-order valence-electron chi connectivity index (χ1n) is 7.22. The summed E-state index contributed by atoms with van der Waals surface area (Å²) < 4.78 is 5.43. The predicted molar refractivity (Wildman–Crippen MR) is 88.5 cm³/mol. The Morgan fingerprint density at radius 1 is 1.14 bits per heavy atom. The SMILES string of the molecule is CN1CCSC1=NC(=Nc1ccccc1)N1CCOCC1. The summed E-state index contributed by atoms with van der Waals surface area (Å²) in [7, 11) is 2.08. The van der Waals surface area contributed by atoms with Gasteiger partial charge in [0.1, 0.15) is 0 Å². The van der Waals surface area contributed by atoms with E-state index < -0.39 is 0 Å². The number of benzene rings is 1. The second kappa shape index (κ2) is 6.95. The van der Waals surface area contributed by atoms with Gasteiger partial charge in [-0.05, 0) is 12.1 Å². The van der Waals surface area contributed by atoms with E-state index in [9.17, 15) is 0 Å². The average molecular weight is 304 g/mol. The summed E-state index contributed by atoms with van der Waals surface area (Å²) >= 11 is 1.79. The first kappa shape index (κ1) is 14.4. The van der Waals surface area contributed by atoms with Gasteiger partial charge >= 0.3 is 0 Å². The molecule has 2 aliphatic heterocycles. The molecule has 5 nitrogen and oxygen atoms in total. The largest absolute Gasteiger partial charge is 0.378 e. The molecule has 3 rings (SSSR count). The van der Waals surface area contributed by atoms with E-state index in [-0.39, 0.29) is 0 Å². The van der Waals surface area contributed by atoms with E-state index in [1.807, 2.05) is 30.3 Å². The van der Waals surface area contributed by atoms with Crippen LogP contribution in [0.3, 0.4) is 0 Å². The van der Waals surface area contributed by atoms with Crippen molar-refractivity contribution in [3.05, 3.63) is 30.3 Å². The summed E-state index contributed by atoms with van der Waals surface area (Å²) in [6.07, 6.45) is 0. The van der Waals surface area contributed by atoms with Gasteiger partial charge in [0.15, 0.2) is 5.17 Å². The van der Waals surface area contributed by atoms with Crippen molar-refractivity contribution in [2.24, 2.45) is 9.98 Å². The van der Waals surface area contributed by atoms with Crippen molar-refractivity contribution in [3.63, 3.8) is 0 Å². The molecule has 0 amide bonds. The summed E-state index contributed by atoms with van der Waals surface area (Å²) in [5, 5.41) is 1.05. The van der Waals surface area contributed by atoms with Crippen molar-refractivity contribution < 1.29 is 4.74 Å². The highest BCUT2D eigenvalue weighted by Crippen LogP contribution is 2.18. The van der Waals surface area contributed by atoms with Crippen LogP contribution in [-0.2, 0) is 4.74 Å². The molecule has 1 aromatic carbocycles. The lowest BCUT2D eigenvalue weighted by atomic mass is 10.3. The highest BCUT2D eigenvalue weighted by molar-refractivity contribution is 8.14. The maximum Gasteiger partial charge on any atom is 0.228 e. The van der Waals surface area contributed by atoms with Crippen LogP contribution in [0, 0.1) is 0 Å². The molecule has 0 bridgehead atoms. The smallest absolute Gasteiger partial charge is 0.228 e. The highest BCUT2D eigenvalue weighted by Gasteiger charge is 2.20. The van der Waals surface area contributed by atoms with Crippen LogP contribution < -0.4 is 0 Å². The van der Waals surface area contributed by atoms with Crippen molar-refractivity contribution in [3.8, 4) is 0 Å². The summed E-state index contributed by atoms with van der Waals surface area (Å²) in [4.78, 5) is 13.9. The molecule has 0 aliphatic carbocycles. The van der Waals surface area contributed by atoms with Crippen LogP contribution in [0.15, 0.2) is 40.3 Å². The zero-order valence-electron chi connectivity index (χ0n) is 12.2. The Morgan fingerprint density at radius 3 is 2.57 bits per heavy atom. The molecular formula is C15H20N4OS. The van der Waals surface area contributed by atoms with E-state index in [0.717, 1.165) is 55.4 Å². The third kappa shape index (κ3) is 3.77. The van der Waals surface area contributed by atoms with Crippen molar-refractivity contribution in [2.45, 2.75) is 0 Å². The minimum absolute atomic E-state index is 0.738. The normalized spacial score (nSPS) is 22.1. The fraction of sp³-hybridized carbons (Fsp3) is 0.467. The van der Waals surface area contributed by atoms with Crippen LogP contribution in [0.1, 0.15) is 0 Å². The summed E-state index contributed by atoms with van der Waals surface area (Å²) in [6.45, 7) is 4.21. The third-order valence-electron chi connectivity index (χ3n) is 3.46. The number of nitrogens with zero attached hydrogens (tertiary/aromatic N) is 4. The molecule has 0 radical (unpaired) electrons. The van der Waals surface area contributed by atoms with Crippen LogP contribution >= 0.6 is 11.8 Å². The Bertz CT molecular complexity index is 526. The Balaban J connectivity index is 1.88. The number of hydrogen-bond acceptors (Lipinski definition) is 3. The summed E-state index contributed by atoms with van der Waals surface area (Å²) in [5.74, 6) is 1.89. The molecule has 21 heavy (non-hydrogen) atoms. The van der Waals surface area contributed by atoms with Gasteiger partial charge in [0.2, 0.25) is 5.96 Å². The molecule has 112 valence electrons. The first-order chi connectivity index (χ1) is 10.3. The molecule has 2 heterocycles. The van der Waals surface area contributed by atoms with Gasteiger partial charge < -0.3 is 14.5 Å². The van der Waals surface area contributed by atoms with Gasteiger partial charge in [0, 0.05) is 32.4 Å². The number of ether oxygens (including phenoxy) is 1. The fourth-order valence-electron chi connectivity index (χ4n) is 2.23. The number of morpholine rings is 1. The van der Waals surface area contributed by atoms with Crippen LogP contribution in [0.4, 0.5) is 5.69 Å². The standard InChI is InChI=1S/C15H20N4OS/c1-18-9-12-21-15(18)17-14(19-7-10-20-11-8-19)16-13-5-3-2-4-6-13/h2-6H,7-12H2,1H3. The van der Waals surface area contributed by atoms with Crippen molar-refractivity contribution >= 4 is 28.6 Å². The van der Waals surface area contributed by atoms with E-state index in [1.54, 1.807) is 11.8 Å². The Kier molecular flexibility index (Phi) is 4.77. The molecule has 2 fully saturated rings. The Hall–Kier alpha value is -1.53. The maximum absolute atomic E-state index is 5.43. The van der Waals surface area contributed by atoms with E-state index in [1.165, 1.54) is 0 Å². The molecule has 0 aromatic heterocycles. The lowest BCUT2D eigenvalue weighted by molar-refractivity contribution is 0.0676. The Morgan fingerprint density at radius 2 is 1.90 bits per heavy atom. The summed E-state index contributed by atoms with van der Waals surface area (Å²) in [5.41, 5.74) is 0.939. The lowest BCUT2D eigenvalue weighted by Crippen LogP contribution is -2.40. The lowest BCUT2D eigenvalue weighted by Gasteiger charge is -2.28. The Labute approximate surface area is 129 Å². The minimum atomic E-state index is 0.738. The number of guanidine groups is 1. The zero-order valence-corrected chi connectivity index (χ0v) is 13.1. The third-order valence-corrected chi connectivity index (χ3v) is 4.51. The van der Waals surface area contributed by atoms with Crippen LogP contribution in [0.5, 0.6) is 0 Å². The number of para-hydroxylation sites is 1. The van der Waals surface area contributed by atoms with Gasteiger partial charge in [-0.15, -0.1) is 0 Å². The number of rotatable bonds is 1. The van der Waals surface area contributed by atoms with E-state index in [4.69, 9.17) is 14.7 Å². The zero-order chi connectivity index (χ0) is 14.5. The second-order valence-corrected chi connectivity index (χ2v) is 6.07. The van der Waals surface area contributed by atoms with E-state index in [0.29, 0.717) is 0 Å². The van der Waals surface area contributed by atoms with Crippen molar-refractivity contribution in [1.82, 2.24) is 9.80 Å². The van der Waals surface area contributed by atoms with E-state index in [2.05, 4.69) is 16.8 Å². The molecule has 0 N–H and O–H groups in total. The topological polar surface area (TPSA) is 40.4 Å². The maximum atomic E-state index is 5.43. The monoisotopic (exact) mass is 304 g/mol. The summed E-state index contributed by atoms with van der Waals surface area (Å²) in [6, 6.07) is 10.0. The molecule has 0 atom stereocenters. The van der Waals surface area contributed by atoms with E-state index >= 15 is 0 Å². The van der Waals surface area contributed by atoms with Gasteiger partial charge in [-0.1, -0.05) is 30.0 Å². The van der Waals surface area contributed by atoms with Crippen LogP contribution in [0.25, 0.3) is 0 Å². The quantitative estimate of drug-likeness (QED) is 0.588. The number of hydrogen-bond donors (Lipinski definition) is 0. The molecule has 6 heteroatoms. The fourth-order valence-corrected chi connectivity index (χ4v) is 3.24. The van der Waals surface area contributed by atoms with Gasteiger partial charge in [0.25, 0.3) is 0 Å². The molecule has 1 aromatic rings. The number of aliphatic imine (C=N–C) groups is 2. The molecule has 0 unspecified atom stereocenters.